The molecule has 136 valence electrons. The van der Waals surface area contributed by atoms with E-state index in [1.165, 1.54) is 0 Å². The zero-order chi connectivity index (χ0) is 18.2. The Morgan fingerprint density at radius 3 is 2.27 bits per heavy atom. The summed E-state index contributed by atoms with van der Waals surface area (Å²) in [5, 5.41) is 2.71. The van der Waals surface area contributed by atoms with Gasteiger partial charge in [0.25, 0.3) is 0 Å². The van der Waals surface area contributed by atoms with Crippen molar-refractivity contribution in [2.45, 2.75) is 12.6 Å². The highest BCUT2D eigenvalue weighted by molar-refractivity contribution is 5.87. The van der Waals surface area contributed by atoms with E-state index in [0.717, 1.165) is 11.1 Å². The summed E-state index contributed by atoms with van der Waals surface area (Å²) in [5.41, 5.74) is 1.61. The Kier molecular flexibility index (Phi) is 6.22. The van der Waals surface area contributed by atoms with Crippen LogP contribution in [-0.2, 0) is 20.9 Å². The largest absolute Gasteiger partial charge is 0.445 e. The van der Waals surface area contributed by atoms with Gasteiger partial charge >= 0.3 is 6.09 Å². The molecule has 0 unspecified atom stereocenters. The van der Waals surface area contributed by atoms with Gasteiger partial charge in [0.15, 0.2) is 0 Å². The van der Waals surface area contributed by atoms with Gasteiger partial charge in [-0.15, -0.1) is 0 Å². The molecule has 0 bridgehead atoms. The van der Waals surface area contributed by atoms with Crippen LogP contribution in [0.25, 0.3) is 0 Å². The van der Waals surface area contributed by atoms with Gasteiger partial charge in [0.1, 0.15) is 12.6 Å². The first-order chi connectivity index (χ1) is 12.7. The van der Waals surface area contributed by atoms with Crippen LogP contribution in [-0.4, -0.2) is 43.2 Å². The van der Waals surface area contributed by atoms with Gasteiger partial charge in [-0.2, -0.15) is 0 Å². The van der Waals surface area contributed by atoms with Crippen molar-refractivity contribution in [1.82, 2.24) is 10.2 Å². The Morgan fingerprint density at radius 1 is 1.00 bits per heavy atom. The molecule has 0 radical (unpaired) electrons. The number of nitrogens with zero attached hydrogens (tertiary/aromatic N) is 1. The van der Waals surface area contributed by atoms with Crippen LogP contribution in [0.5, 0.6) is 0 Å². The number of hydrogen-bond donors (Lipinski definition) is 1. The maximum atomic E-state index is 12.9. The van der Waals surface area contributed by atoms with Crippen LogP contribution >= 0.6 is 0 Å². The van der Waals surface area contributed by atoms with Crippen molar-refractivity contribution in [2.24, 2.45) is 0 Å². The minimum absolute atomic E-state index is 0.153. The molecule has 6 nitrogen and oxygen atoms in total. The Bertz CT molecular complexity index is 715. The van der Waals surface area contributed by atoms with E-state index in [2.05, 4.69) is 5.32 Å². The van der Waals surface area contributed by atoms with Gasteiger partial charge in [-0.3, -0.25) is 4.79 Å². The first-order valence-electron chi connectivity index (χ1n) is 8.63. The number of ether oxygens (including phenoxy) is 2. The van der Waals surface area contributed by atoms with Gasteiger partial charge in [-0.1, -0.05) is 60.7 Å². The van der Waals surface area contributed by atoms with E-state index >= 15 is 0 Å². The topological polar surface area (TPSA) is 67.9 Å². The van der Waals surface area contributed by atoms with Gasteiger partial charge in [-0.05, 0) is 11.1 Å². The molecule has 0 saturated carbocycles. The van der Waals surface area contributed by atoms with Crippen molar-refractivity contribution in [3.63, 3.8) is 0 Å². The number of carbonyl (C=O) groups excluding carboxylic acids is 2. The van der Waals surface area contributed by atoms with Gasteiger partial charge in [-0.25, -0.2) is 4.79 Å². The number of nitrogens with one attached hydrogen (secondary N) is 1. The van der Waals surface area contributed by atoms with Crippen molar-refractivity contribution in [3.05, 3.63) is 71.8 Å². The molecule has 0 aliphatic carbocycles. The van der Waals surface area contributed by atoms with Crippen molar-refractivity contribution in [3.8, 4) is 0 Å². The Hall–Kier alpha value is -2.86. The van der Waals surface area contributed by atoms with Crippen molar-refractivity contribution >= 4 is 12.0 Å². The molecule has 2 aromatic rings. The molecule has 3 rings (SSSR count). The maximum absolute atomic E-state index is 12.9. The number of alkyl carbamates (subject to hydrolysis) is 1. The van der Waals surface area contributed by atoms with E-state index in [1.54, 1.807) is 4.90 Å². The third-order valence-electron chi connectivity index (χ3n) is 4.18. The molecule has 1 aliphatic heterocycles. The summed E-state index contributed by atoms with van der Waals surface area (Å²) in [6.07, 6.45) is -0.621. The number of benzene rings is 2. The van der Waals surface area contributed by atoms with Gasteiger partial charge < -0.3 is 19.7 Å². The molecule has 6 heteroatoms. The van der Waals surface area contributed by atoms with E-state index < -0.39 is 12.1 Å². The fourth-order valence-corrected chi connectivity index (χ4v) is 2.78. The van der Waals surface area contributed by atoms with Crippen molar-refractivity contribution in [2.75, 3.05) is 26.3 Å². The quantitative estimate of drug-likeness (QED) is 0.896. The third kappa shape index (κ3) is 4.83. The summed E-state index contributed by atoms with van der Waals surface area (Å²) < 4.78 is 10.6. The normalized spacial score (nSPS) is 15.2. The molecule has 1 fully saturated rings. The number of carbonyl (C=O) groups is 2. The Balaban J connectivity index is 1.67. The van der Waals surface area contributed by atoms with E-state index in [0.29, 0.717) is 26.3 Å². The standard InChI is InChI=1S/C20H22N2O4/c23-19(22-11-13-25-14-12-22)18(17-9-5-2-6-10-17)21-20(24)26-15-16-7-3-1-4-8-16/h1-10,18H,11-15H2,(H,21,24)/t18-/m0/s1. The summed E-state index contributed by atoms with van der Waals surface area (Å²) in [7, 11) is 0. The van der Waals surface area contributed by atoms with E-state index in [9.17, 15) is 9.59 Å². The van der Waals surface area contributed by atoms with Crippen LogP contribution < -0.4 is 5.32 Å². The lowest BCUT2D eigenvalue weighted by Crippen LogP contribution is -2.47. The highest BCUT2D eigenvalue weighted by Crippen LogP contribution is 2.17. The van der Waals surface area contributed by atoms with Crippen LogP contribution in [0.15, 0.2) is 60.7 Å². The van der Waals surface area contributed by atoms with Crippen LogP contribution in [0.2, 0.25) is 0 Å². The fraction of sp³-hybridized carbons (Fsp3) is 0.300. The lowest BCUT2D eigenvalue weighted by atomic mass is 10.1. The molecule has 0 aromatic heterocycles. The monoisotopic (exact) mass is 354 g/mol. The average molecular weight is 354 g/mol. The van der Waals surface area contributed by atoms with Crippen LogP contribution in [0.1, 0.15) is 17.2 Å². The summed E-state index contributed by atoms with van der Waals surface area (Å²) in [5.74, 6) is -0.156. The molecule has 1 saturated heterocycles. The minimum Gasteiger partial charge on any atom is -0.445 e. The van der Waals surface area contributed by atoms with Crippen molar-refractivity contribution < 1.29 is 19.1 Å². The zero-order valence-electron chi connectivity index (χ0n) is 14.5. The molecular formula is C20H22N2O4. The summed E-state index contributed by atoms with van der Waals surface area (Å²) in [6.45, 7) is 2.20. The maximum Gasteiger partial charge on any atom is 0.408 e. The smallest absolute Gasteiger partial charge is 0.408 e. The van der Waals surface area contributed by atoms with Gasteiger partial charge in [0.05, 0.1) is 13.2 Å². The zero-order valence-corrected chi connectivity index (χ0v) is 14.5. The fourth-order valence-electron chi connectivity index (χ4n) is 2.78. The summed E-state index contributed by atoms with van der Waals surface area (Å²) in [6, 6.07) is 17.8. The average Bonchev–Trinajstić information content (AvgIpc) is 2.72. The second-order valence-corrected chi connectivity index (χ2v) is 5.99. The molecule has 1 aliphatic rings. The number of morpholine rings is 1. The Labute approximate surface area is 152 Å². The van der Waals surface area contributed by atoms with E-state index in [4.69, 9.17) is 9.47 Å². The molecular weight excluding hydrogens is 332 g/mol. The van der Waals surface area contributed by atoms with E-state index in [1.807, 2.05) is 60.7 Å². The lowest BCUT2D eigenvalue weighted by molar-refractivity contribution is -0.137. The molecule has 26 heavy (non-hydrogen) atoms. The predicted octanol–water partition coefficient (Wildman–Crippen LogP) is 2.51. The highest BCUT2D eigenvalue weighted by Gasteiger charge is 2.29. The predicted molar refractivity (Wildman–Crippen MR) is 96.3 cm³/mol. The third-order valence-corrected chi connectivity index (χ3v) is 4.18. The molecule has 2 amide bonds. The number of hydrogen-bond acceptors (Lipinski definition) is 4. The second kappa shape index (κ2) is 9.01. The van der Waals surface area contributed by atoms with Crippen LogP contribution in [0, 0.1) is 0 Å². The van der Waals surface area contributed by atoms with Gasteiger partial charge in [0, 0.05) is 13.1 Å². The van der Waals surface area contributed by atoms with Crippen molar-refractivity contribution in [1.29, 1.82) is 0 Å². The molecule has 0 spiro atoms. The Morgan fingerprint density at radius 2 is 1.62 bits per heavy atom. The first kappa shape index (κ1) is 17.9. The molecule has 1 N–H and O–H groups in total. The summed E-state index contributed by atoms with van der Waals surface area (Å²) in [4.78, 5) is 26.9. The minimum atomic E-state index is -0.780. The van der Waals surface area contributed by atoms with E-state index in [-0.39, 0.29) is 12.5 Å². The molecule has 1 heterocycles. The lowest BCUT2D eigenvalue weighted by Gasteiger charge is -2.30. The summed E-state index contributed by atoms with van der Waals surface area (Å²) >= 11 is 0. The first-order valence-corrected chi connectivity index (χ1v) is 8.63. The SMILES string of the molecule is O=C(N[C@H](C(=O)N1CCOCC1)c1ccccc1)OCc1ccccc1. The van der Waals surface area contributed by atoms with Crippen LogP contribution in [0.4, 0.5) is 4.79 Å². The molecule has 2 aromatic carbocycles. The number of amides is 2. The van der Waals surface area contributed by atoms with Gasteiger partial charge in [0.2, 0.25) is 5.91 Å². The highest BCUT2D eigenvalue weighted by atomic mass is 16.5. The number of rotatable bonds is 5. The second-order valence-electron chi connectivity index (χ2n) is 5.99. The van der Waals surface area contributed by atoms with Crippen LogP contribution in [0.3, 0.4) is 0 Å². The molecule has 1 atom stereocenters.